The number of nitrogens with one attached hydrogen (secondary N) is 1. The summed E-state index contributed by atoms with van der Waals surface area (Å²) in [5, 5.41) is 8.56. The van der Waals surface area contributed by atoms with E-state index < -0.39 is 0 Å². The number of aromatic amines is 1. The molecule has 1 aliphatic carbocycles. The molecule has 0 spiro atoms. The van der Waals surface area contributed by atoms with Gasteiger partial charge < -0.3 is 14.1 Å². The van der Waals surface area contributed by atoms with Crippen molar-refractivity contribution < 1.29 is 0 Å². The van der Waals surface area contributed by atoms with Crippen molar-refractivity contribution in [2.45, 2.75) is 19.4 Å². The van der Waals surface area contributed by atoms with E-state index in [1.807, 2.05) is 0 Å². The zero-order chi connectivity index (χ0) is 33.1. The van der Waals surface area contributed by atoms with Gasteiger partial charge in [-0.25, -0.2) is 0 Å². The zero-order valence-corrected chi connectivity index (χ0v) is 27.7. The Morgan fingerprint density at radius 2 is 1.50 bits per heavy atom. The summed E-state index contributed by atoms with van der Waals surface area (Å²) in [5.41, 5.74) is 15.3. The number of nitrogens with zero attached hydrogens (tertiary/aromatic N) is 2. The number of H-pyrrole nitrogens is 1. The molecule has 50 heavy (non-hydrogen) atoms. The van der Waals surface area contributed by atoms with Crippen LogP contribution in [-0.4, -0.2) is 14.1 Å². The van der Waals surface area contributed by atoms with Crippen LogP contribution in [0.1, 0.15) is 35.2 Å². The van der Waals surface area contributed by atoms with E-state index in [2.05, 4.69) is 173 Å². The monoisotopic (exact) mass is 639 g/mol. The highest BCUT2D eigenvalue weighted by molar-refractivity contribution is 6.16. The smallest absolute Gasteiger partial charge is 0.0640 e. The van der Waals surface area contributed by atoms with Crippen LogP contribution < -0.4 is 10.6 Å². The predicted molar refractivity (Wildman–Crippen MR) is 212 cm³/mol. The predicted octanol–water partition coefficient (Wildman–Crippen LogP) is 10.3. The third kappa shape index (κ3) is 3.64. The van der Waals surface area contributed by atoms with Gasteiger partial charge in [0.05, 0.1) is 27.9 Å². The van der Waals surface area contributed by atoms with Crippen LogP contribution in [0.25, 0.3) is 90.1 Å². The molecule has 3 aromatic heterocycles. The topological polar surface area (TPSA) is 25.6 Å². The van der Waals surface area contributed by atoms with Crippen molar-refractivity contribution in [2.75, 3.05) is 0 Å². The van der Waals surface area contributed by atoms with Crippen molar-refractivity contribution in [2.24, 2.45) is 0 Å². The summed E-state index contributed by atoms with van der Waals surface area (Å²) in [5.74, 6) is 0. The van der Waals surface area contributed by atoms with Gasteiger partial charge in [0.2, 0.25) is 0 Å². The largest absolute Gasteiger partial charge is 0.354 e. The Kier molecular flexibility index (Phi) is 5.58. The molecule has 6 aromatic carbocycles. The molecule has 0 fully saturated rings. The molecule has 1 aliphatic heterocycles. The number of benzene rings is 6. The van der Waals surface area contributed by atoms with Crippen molar-refractivity contribution in [3.63, 3.8) is 0 Å². The summed E-state index contributed by atoms with van der Waals surface area (Å²) in [7, 11) is 0. The lowest BCUT2D eigenvalue weighted by molar-refractivity contribution is 0.672. The minimum Gasteiger partial charge on any atom is -0.354 e. The molecule has 0 radical (unpaired) electrons. The lowest BCUT2D eigenvalue weighted by atomic mass is 9.85. The number of allylic oxidation sites excluding steroid dienone is 3. The van der Waals surface area contributed by atoms with Crippen molar-refractivity contribution in [3.05, 3.63) is 166 Å². The summed E-state index contributed by atoms with van der Waals surface area (Å²) < 4.78 is 4.94. The standard InChI is InChI=1S/C47H33N3/c1-3-29(26-44-28(2)33-14-7-9-18-42(33)49(44)32-12-5-4-6-13-32)30-20-22-34-36-23-21-31-24-40-38-17-11-16-37-35-15-8-10-19-43(35)50(47(37)38)45(40)27-39(31)46(36)48-41(34)25-30/h3-26,45,48H,2,27H2,1H3/b29-3+,44-26+. The molecule has 0 saturated heterocycles. The molecule has 1 unspecified atom stereocenters. The molecule has 4 heterocycles. The summed E-state index contributed by atoms with van der Waals surface area (Å²) >= 11 is 0. The summed E-state index contributed by atoms with van der Waals surface area (Å²) in [6.07, 6.45) is 7.92. The molecule has 0 amide bonds. The number of para-hydroxylation sites is 4. The second-order valence-corrected chi connectivity index (χ2v) is 13.8. The van der Waals surface area contributed by atoms with Gasteiger partial charge in [-0.05, 0) is 77.2 Å². The van der Waals surface area contributed by atoms with Crippen LogP contribution in [0.15, 0.2) is 133 Å². The van der Waals surface area contributed by atoms with Crippen LogP contribution in [0.3, 0.4) is 0 Å². The average Bonchev–Trinajstić information content (AvgIpc) is 3.89. The molecular weight excluding hydrogens is 607 g/mol. The van der Waals surface area contributed by atoms with E-state index >= 15 is 0 Å². The Balaban J connectivity index is 1.06. The maximum atomic E-state index is 4.57. The fourth-order valence-electron chi connectivity index (χ4n) is 9.06. The van der Waals surface area contributed by atoms with Gasteiger partial charge in [-0.2, -0.15) is 0 Å². The van der Waals surface area contributed by atoms with Crippen LogP contribution in [0.2, 0.25) is 0 Å². The molecule has 0 saturated carbocycles. The van der Waals surface area contributed by atoms with Crippen LogP contribution in [0, 0.1) is 0 Å². The second-order valence-electron chi connectivity index (χ2n) is 13.8. The lowest BCUT2D eigenvalue weighted by Gasteiger charge is -2.24. The summed E-state index contributed by atoms with van der Waals surface area (Å²) in [6, 6.07) is 46.7. The zero-order valence-electron chi connectivity index (χ0n) is 27.7. The molecule has 1 N–H and O–H groups in total. The van der Waals surface area contributed by atoms with Crippen LogP contribution in [-0.2, 0) is 6.42 Å². The molecule has 0 bridgehead atoms. The van der Waals surface area contributed by atoms with E-state index in [1.54, 1.807) is 0 Å². The number of hydrogen-bond acceptors (Lipinski definition) is 0. The highest BCUT2D eigenvalue weighted by atomic mass is 15.0. The van der Waals surface area contributed by atoms with Gasteiger partial charge in [0.15, 0.2) is 0 Å². The Bertz CT molecular complexity index is 3090. The first kappa shape index (κ1) is 27.6. The van der Waals surface area contributed by atoms with Crippen molar-refractivity contribution in [1.29, 1.82) is 0 Å². The Hall–Kier alpha value is -6.32. The Morgan fingerprint density at radius 1 is 0.740 bits per heavy atom. The first-order valence-corrected chi connectivity index (χ1v) is 17.5. The molecule has 236 valence electrons. The van der Waals surface area contributed by atoms with Crippen LogP contribution in [0.5, 0.6) is 0 Å². The van der Waals surface area contributed by atoms with E-state index in [1.165, 1.54) is 71.3 Å². The molecular formula is C47H33N3. The van der Waals surface area contributed by atoms with Gasteiger partial charge in [0.25, 0.3) is 0 Å². The second kappa shape index (κ2) is 10.1. The van der Waals surface area contributed by atoms with Gasteiger partial charge in [-0.3, -0.25) is 0 Å². The quantitative estimate of drug-likeness (QED) is 0.199. The number of rotatable bonds is 3. The summed E-state index contributed by atoms with van der Waals surface area (Å²) in [6.45, 7) is 6.69. The highest BCUT2D eigenvalue weighted by Gasteiger charge is 2.35. The normalized spacial score (nSPS) is 15.9. The maximum Gasteiger partial charge on any atom is 0.0640 e. The number of fused-ring (bicyclic) bond motifs is 12. The lowest BCUT2D eigenvalue weighted by Crippen LogP contribution is -2.27. The fourth-order valence-corrected chi connectivity index (χ4v) is 9.06. The van der Waals surface area contributed by atoms with E-state index in [9.17, 15) is 0 Å². The van der Waals surface area contributed by atoms with Gasteiger partial charge in [0, 0.05) is 60.9 Å². The Morgan fingerprint density at radius 3 is 2.36 bits per heavy atom. The van der Waals surface area contributed by atoms with Crippen molar-refractivity contribution in [1.82, 2.24) is 14.1 Å². The average molecular weight is 640 g/mol. The minimum absolute atomic E-state index is 0.285. The fraction of sp³-hybridized carbons (Fsp3) is 0.0638. The van der Waals surface area contributed by atoms with Crippen LogP contribution in [0.4, 0.5) is 0 Å². The van der Waals surface area contributed by atoms with E-state index in [-0.39, 0.29) is 6.04 Å². The van der Waals surface area contributed by atoms with E-state index in [0.29, 0.717) is 0 Å². The van der Waals surface area contributed by atoms with Crippen molar-refractivity contribution >= 4 is 84.4 Å². The van der Waals surface area contributed by atoms with E-state index in [0.717, 1.165) is 39.3 Å². The Labute approximate surface area is 289 Å². The first-order chi connectivity index (χ1) is 24.7. The molecule has 2 aliphatic rings. The molecule has 1 atom stereocenters. The van der Waals surface area contributed by atoms with Gasteiger partial charge in [-0.1, -0.05) is 110 Å². The molecule has 3 nitrogen and oxygen atoms in total. The minimum atomic E-state index is 0.285. The highest BCUT2D eigenvalue weighted by Crippen LogP contribution is 2.51. The van der Waals surface area contributed by atoms with E-state index in [4.69, 9.17) is 0 Å². The van der Waals surface area contributed by atoms with Gasteiger partial charge >= 0.3 is 0 Å². The molecule has 9 aromatic rings. The van der Waals surface area contributed by atoms with Gasteiger partial charge in [-0.15, -0.1) is 0 Å². The first-order valence-electron chi connectivity index (χ1n) is 17.5. The van der Waals surface area contributed by atoms with Gasteiger partial charge in [0.1, 0.15) is 0 Å². The third-order valence-corrected chi connectivity index (χ3v) is 11.3. The molecule has 11 rings (SSSR count). The van der Waals surface area contributed by atoms with Crippen molar-refractivity contribution in [3.8, 4) is 5.69 Å². The summed E-state index contributed by atoms with van der Waals surface area (Å²) in [4.78, 5) is 3.92. The third-order valence-electron chi connectivity index (χ3n) is 11.3. The van der Waals surface area contributed by atoms with Crippen LogP contribution >= 0.6 is 0 Å². The number of hydrogen-bond donors (Lipinski definition) is 1. The molecule has 3 heteroatoms. The SMILES string of the molecule is C=c1/c(=C\C(=C/C)c2ccc3c(c2)[nH]c2c4c(ccc23)C=C2c3cccc5c6ccccc6n(c35)C2C4)n(-c2ccccc2)c2ccccc12. The number of aromatic nitrogens is 3. The maximum absolute atomic E-state index is 4.57.